The summed E-state index contributed by atoms with van der Waals surface area (Å²) < 4.78 is 18.6. The van der Waals surface area contributed by atoms with E-state index in [1.807, 2.05) is 0 Å². The van der Waals surface area contributed by atoms with E-state index in [0.29, 0.717) is 4.47 Å². The van der Waals surface area contributed by atoms with Crippen molar-refractivity contribution in [2.45, 2.75) is 13.0 Å². The molecule has 2 N–H and O–H groups in total. The summed E-state index contributed by atoms with van der Waals surface area (Å²) in [5.41, 5.74) is 0.111. The second-order valence-electron chi connectivity index (χ2n) is 4.82. The quantitative estimate of drug-likeness (QED) is 0.735. The minimum atomic E-state index is -1.16. The van der Waals surface area contributed by atoms with Gasteiger partial charge in [0.25, 0.3) is 5.91 Å². The van der Waals surface area contributed by atoms with Crippen LogP contribution in [0.25, 0.3) is 0 Å². The van der Waals surface area contributed by atoms with Crippen LogP contribution in [0.2, 0.25) is 5.02 Å². The Bertz CT molecular complexity index is 800. The van der Waals surface area contributed by atoms with E-state index in [0.717, 1.165) is 12.1 Å². The third kappa shape index (κ3) is 4.46. The highest BCUT2D eigenvalue weighted by atomic mass is 79.9. The molecule has 0 bridgehead atoms. The molecule has 0 spiro atoms. The van der Waals surface area contributed by atoms with Crippen LogP contribution in [0, 0.1) is 5.82 Å². The first kappa shape index (κ1) is 18.2. The van der Waals surface area contributed by atoms with Crippen molar-refractivity contribution in [3.63, 3.8) is 0 Å². The molecule has 0 saturated heterocycles. The Balaban J connectivity index is 2.05. The van der Waals surface area contributed by atoms with E-state index in [1.165, 1.54) is 25.1 Å². The standard InChI is InChI=1S/C16H12BrClFNO4/c1-8(15(22)20-13-4-3-10(19)7-12(13)18)24-16(23)11-6-9(17)2-5-14(11)21/h2-8,21H,1H3,(H,20,22). The number of nitrogens with one attached hydrogen (secondary N) is 1. The van der Waals surface area contributed by atoms with Crippen LogP contribution in [0.1, 0.15) is 17.3 Å². The maximum Gasteiger partial charge on any atom is 0.342 e. The van der Waals surface area contributed by atoms with E-state index >= 15 is 0 Å². The first-order valence-electron chi connectivity index (χ1n) is 6.73. The molecule has 1 unspecified atom stereocenters. The topological polar surface area (TPSA) is 75.6 Å². The minimum absolute atomic E-state index is 0.0199. The third-order valence-electron chi connectivity index (χ3n) is 3.02. The Morgan fingerprint density at radius 2 is 2.00 bits per heavy atom. The highest BCUT2D eigenvalue weighted by molar-refractivity contribution is 9.10. The van der Waals surface area contributed by atoms with Crippen LogP contribution < -0.4 is 5.32 Å². The zero-order valence-corrected chi connectivity index (χ0v) is 14.7. The van der Waals surface area contributed by atoms with Crippen molar-refractivity contribution in [3.8, 4) is 5.75 Å². The average molecular weight is 417 g/mol. The second kappa shape index (κ2) is 7.63. The van der Waals surface area contributed by atoms with Gasteiger partial charge in [-0.1, -0.05) is 27.5 Å². The summed E-state index contributed by atoms with van der Waals surface area (Å²) in [6.45, 7) is 1.36. The molecule has 2 rings (SSSR count). The number of aromatic hydroxyl groups is 1. The molecular weight excluding hydrogens is 405 g/mol. The number of anilines is 1. The number of rotatable bonds is 4. The minimum Gasteiger partial charge on any atom is -0.507 e. The van der Waals surface area contributed by atoms with Gasteiger partial charge < -0.3 is 15.2 Å². The molecule has 0 saturated carbocycles. The van der Waals surface area contributed by atoms with Gasteiger partial charge in [0.05, 0.1) is 10.7 Å². The molecule has 0 fully saturated rings. The number of phenolic OH excluding ortho intramolecular Hbond substituents is 1. The van der Waals surface area contributed by atoms with Gasteiger partial charge >= 0.3 is 5.97 Å². The van der Waals surface area contributed by atoms with Crippen molar-refractivity contribution in [2.75, 3.05) is 5.32 Å². The van der Waals surface area contributed by atoms with Crippen LogP contribution in [0.4, 0.5) is 10.1 Å². The van der Waals surface area contributed by atoms with E-state index in [4.69, 9.17) is 16.3 Å². The lowest BCUT2D eigenvalue weighted by Gasteiger charge is -2.14. The fourth-order valence-electron chi connectivity index (χ4n) is 1.77. The Morgan fingerprint density at radius 3 is 2.67 bits per heavy atom. The second-order valence-corrected chi connectivity index (χ2v) is 6.15. The molecule has 8 heteroatoms. The zero-order valence-electron chi connectivity index (χ0n) is 12.3. The fourth-order valence-corrected chi connectivity index (χ4v) is 2.35. The zero-order chi connectivity index (χ0) is 17.9. The molecule has 24 heavy (non-hydrogen) atoms. The molecule has 2 aromatic rings. The molecule has 0 aliphatic carbocycles. The van der Waals surface area contributed by atoms with E-state index in [1.54, 1.807) is 6.07 Å². The van der Waals surface area contributed by atoms with Crippen molar-refractivity contribution < 1.29 is 23.8 Å². The number of carbonyl (C=O) groups is 2. The van der Waals surface area contributed by atoms with E-state index in [2.05, 4.69) is 21.2 Å². The predicted molar refractivity (Wildman–Crippen MR) is 90.7 cm³/mol. The predicted octanol–water partition coefficient (Wildman–Crippen LogP) is 4.13. The van der Waals surface area contributed by atoms with Crippen LogP contribution in [0.3, 0.4) is 0 Å². The molecule has 0 aromatic heterocycles. The van der Waals surface area contributed by atoms with Gasteiger partial charge in [0.15, 0.2) is 6.10 Å². The van der Waals surface area contributed by atoms with Gasteiger partial charge in [0.1, 0.15) is 17.1 Å². The number of hydrogen-bond donors (Lipinski definition) is 2. The van der Waals surface area contributed by atoms with Crippen LogP contribution in [0.5, 0.6) is 5.75 Å². The molecule has 5 nitrogen and oxygen atoms in total. The van der Waals surface area contributed by atoms with Gasteiger partial charge in [-0.25, -0.2) is 9.18 Å². The van der Waals surface area contributed by atoms with Crippen molar-refractivity contribution in [1.29, 1.82) is 0 Å². The lowest BCUT2D eigenvalue weighted by molar-refractivity contribution is -0.123. The molecule has 0 radical (unpaired) electrons. The molecule has 0 heterocycles. The Labute approximate surface area is 150 Å². The van der Waals surface area contributed by atoms with Gasteiger partial charge in [0.2, 0.25) is 0 Å². The highest BCUT2D eigenvalue weighted by Crippen LogP contribution is 2.24. The normalized spacial score (nSPS) is 11.7. The molecule has 126 valence electrons. The summed E-state index contributed by atoms with van der Waals surface area (Å²) in [6.07, 6.45) is -1.16. The summed E-state index contributed by atoms with van der Waals surface area (Å²) in [5.74, 6) is -2.31. The molecular formula is C16H12BrClFNO4. The van der Waals surface area contributed by atoms with Crippen LogP contribution in [0.15, 0.2) is 40.9 Å². The Morgan fingerprint density at radius 1 is 1.29 bits per heavy atom. The first-order valence-corrected chi connectivity index (χ1v) is 7.90. The number of benzene rings is 2. The van der Waals surface area contributed by atoms with Crippen LogP contribution in [-0.4, -0.2) is 23.1 Å². The van der Waals surface area contributed by atoms with Crippen molar-refractivity contribution >= 4 is 45.1 Å². The number of ether oxygens (including phenoxy) is 1. The Hall–Kier alpha value is -2.12. The van der Waals surface area contributed by atoms with Crippen molar-refractivity contribution in [2.24, 2.45) is 0 Å². The lowest BCUT2D eigenvalue weighted by atomic mass is 10.2. The van der Waals surface area contributed by atoms with Crippen LogP contribution >= 0.6 is 27.5 Å². The Kier molecular flexibility index (Phi) is 5.80. The maximum absolute atomic E-state index is 13.0. The largest absolute Gasteiger partial charge is 0.507 e. The smallest absolute Gasteiger partial charge is 0.342 e. The molecule has 2 aromatic carbocycles. The van der Waals surface area contributed by atoms with Crippen molar-refractivity contribution in [3.05, 3.63) is 57.3 Å². The fraction of sp³-hybridized carbons (Fsp3) is 0.125. The SMILES string of the molecule is CC(OC(=O)c1cc(Br)ccc1O)C(=O)Nc1ccc(F)cc1Cl. The van der Waals surface area contributed by atoms with Gasteiger partial charge in [-0.15, -0.1) is 0 Å². The number of hydrogen-bond acceptors (Lipinski definition) is 4. The molecule has 0 aliphatic rings. The third-order valence-corrected chi connectivity index (χ3v) is 3.83. The highest BCUT2D eigenvalue weighted by Gasteiger charge is 2.22. The van der Waals surface area contributed by atoms with E-state index in [9.17, 15) is 19.1 Å². The number of esters is 1. The van der Waals surface area contributed by atoms with E-state index < -0.39 is 23.8 Å². The summed E-state index contributed by atoms with van der Waals surface area (Å²) in [4.78, 5) is 24.1. The van der Waals surface area contributed by atoms with Gasteiger partial charge in [-0.05, 0) is 43.3 Å². The number of halogens is 3. The molecule has 1 atom stereocenters. The summed E-state index contributed by atoms with van der Waals surface area (Å²) in [6, 6.07) is 7.73. The number of carbonyl (C=O) groups excluding carboxylic acids is 2. The maximum atomic E-state index is 13.0. The van der Waals surface area contributed by atoms with E-state index in [-0.39, 0.29) is 22.0 Å². The summed E-state index contributed by atoms with van der Waals surface area (Å²) in [5, 5.41) is 12.1. The van der Waals surface area contributed by atoms with Gasteiger partial charge in [-0.2, -0.15) is 0 Å². The van der Waals surface area contributed by atoms with Gasteiger partial charge in [0, 0.05) is 4.47 Å². The number of phenols is 1. The van der Waals surface area contributed by atoms with Gasteiger partial charge in [-0.3, -0.25) is 4.79 Å². The van der Waals surface area contributed by atoms with Crippen LogP contribution in [-0.2, 0) is 9.53 Å². The molecule has 0 aliphatic heterocycles. The molecule has 1 amide bonds. The van der Waals surface area contributed by atoms with Crippen molar-refractivity contribution in [1.82, 2.24) is 0 Å². The summed E-state index contributed by atoms with van der Waals surface area (Å²) >= 11 is 8.99. The summed E-state index contributed by atoms with van der Waals surface area (Å²) in [7, 11) is 0. The average Bonchev–Trinajstić information content (AvgIpc) is 2.52. The number of amides is 1. The first-order chi connectivity index (χ1) is 11.3. The lowest BCUT2D eigenvalue weighted by Crippen LogP contribution is -2.30. The monoisotopic (exact) mass is 415 g/mol.